The number of rotatable bonds is 6. The minimum Gasteiger partial charge on any atom is -0.264 e. The summed E-state index contributed by atoms with van der Waals surface area (Å²) >= 11 is 0. The SMILES string of the molecule is c1ccc(-c2nc(-c3ccc(-c4cccnc4)cc3)nc(-c3cccc(-c4cccc(-c5ccc6c(c5)-c5ccccc5C65c6ccccc6-c6ccccc65)c4)c3)n2)cc1. The van der Waals surface area contributed by atoms with Crippen molar-refractivity contribution < 1.29 is 0 Å². The van der Waals surface area contributed by atoms with Crippen LogP contribution in [0.4, 0.5) is 0 Å². The smallest absolute Gasteiger partial charge is 0.164 e. The molecule has 0 bridgehead atoms. The number of fused-ring (bicyclic) bond motifs is 10. The normalized spacial score (nSPS) is 12.7. The fourth-order valence-electron chi connectivity index (χ4n) is 9.69. The molecule has 12 rings (SSSR count). The second-order valence-corrected chi connectivity index (χ2v) is 15.8. The first kappa shape index (κ1) is 34.9. The number of pyridine rings is 1. The highest BCUT2D eigenvalue weighted by Crippen LogP contribution is 2.63. The van der Waals surface area contributed by atoms with Gasteiger partial charge in [0.25, 0.3) is 0 Å². The van der Waals surface area contributed by atoms with Crippen LogP contribution in [0, 0.1) is 0 Å². The molecule has 61 heavy (non-hydrogen) atoms. The minimum atomic E-state index is -0.349. The molecule has 0 saturated carbocycles. The van der Waals surface area contributed by atoms with Gasteiger partial charge in [-0.15, -0.1) is 0 Å². The van der Waals surface area contributed by atoms with E-state index in [4.69, 9.17) is 15.0 Å². The van der Waals surface area contributed by atoms with Crippen molar-refractivity contribution in [2.75, 3.05) is 0 Å². The van der Waals surface area contributed by atoms with Crippen molar-refractivity contribution in [2.24, 2.45) is 0 Å². The highest BCUT2D eigenvalue weighted by Gasteiger charge is 2.51. The minimum absolute atomic E-state index is 0.349. The highest BCUT2D eigenvalue weighted by atomic mass is 15.0. The lowest BCUT2D eigenvalue weighted by Crippen LogP contribution is -2.25. The van der Waals surface area contributed by atoms with Crippen LogP contribution in [-0.4, -0.2) is 19.9 Å². The van der Waals surface area contributed by atoms with Crippen molar-refractivity contribution in [1.29, 1.82) is 0 Å². The van der Waals surface area contributed by atoms with Crippen LogP contribution in [0.2, 0.25) is 0 Å². The van der Waals surface area contributed by atoms with E-state index in [1.165, 1.54) is 55.6 Å². The van der Waals surface area contributed by atoms with E-state index < -0.39 is 0 Å². The summed E-state index contributed by atoms with van der Waals surface area (Å²) in [5, 5.41) is 0. The van der Waals surface area contributed by atoms with E-state index in [9.17, 15) is 0 Å². The van der Waals surface area contributed by atoms with Gasteiger partial charge in [0.1, 0.15) is 0 Å². The average Bonchev–Trinajstić information content (AvgIpc) is 3.82. The first-order valence-electron chi connectivity index (χ1n) is 20.7. The lowest BCUT2D eigenvalue weighted by Gasteiger charge is -2.30. The number of nitrogens with zero attached hydrogens (tertiary/aromatic N) is 4. The second-order valence-electron chi connectivity index (χ2n) is 15.8. The van der Waals surface area contributed by atoms with Gasteiger partial charge in [0.05, 0.1) is 5.41 Å². The molecular weight excluding hydrogens is 741 g/mol. The third kappa shape index (κ3) is 5.61. The molecule has 1 spiro atoms. The van der Waals surface area contributed by atoms with Crippen molar-refractivity contribution in [3.8, 4) is 89.8 Å². The van der Waals surface area contributed by atoms with Crippen LogP contribution in [0.25, 0.3) is 89.8 Å². The Kier molecular flexibility index (Phi) is 8.04. The Hall–Kier alpha value is -8.08. The van der Waals surface area contributed by atoms with Crippen LogP contribution < -0.4 is 0 Å². The molecule has 0 atom stereocenters. The topological polar surface area (TPSA) is 51.6 Å². The molecular formula is C57H36N4. The largest absolute Gasteiger partial charge is 0.264 e. The van der Waals surface area contributed by atoms with E-state index in [0.29, 0.717) is 17.5 Å². The Morgan fingerprint density at radius 1 is 0.262 bits per heavy atom. The quantitative estimate of drug-likeness (QED) is 0.169. The monoisotopic (exact) mass is 776 g/mol. The molecule has 0 fully saturated rings. The van der Waals surface area contributed by atoms with E-state index in [0.717, 1.165) is 38.9 Å². The van der Waals surface area contributed by atoms with Gasteiger partial charge >= 0.3 is 0 Å². The molecule has 10 aromatic rings. The third-order valence-corrected chi connectivity index (χ3v) is 12.5. The van der Waals surface area contributed by atoms with Gasteiger partial charge in [-0.25, -0.2) is 15.0 Å². The lowest BCUT2D eigenvalue weighted by molar-refractivity contribution is 0.794. The first-order valence-corrected chi connectivity index (χ1v) is 20.7. The van der Waals surface area contributed by atoms with Crippen molar-refractivity contribution >= 4 is 0 Å². The molecule has 0 amide bonds. The van der Waals surface area contributed by atoms with Crippen LogP contribution in [0.15, 0.2) is 219 Å². The summed E-state index contributed by atoms with van der Waals surface area (Å²) < 4.78 is 0. The van der Waals surface area contributed by atoms with E-state index >= 15 is 0 Å². The molecule has 2 aromatic heterocycles. The Bertz CT molecular complexity index is 3260. The van der Waals surface area contributed by atoms with Crippen LogP contribution in [0.1, 0.15) is 22.3 Å². The Balaban J connectivity index is 0.928. The van der Waals surface area contributed by atoms with Crippen molar-refractivity contribution in [2.45, 2.75) is 5.41 Å². The molecule has 2 heterocycles. The lowest BCUT2D eigenvalue weighted by atomic mass is 9.70. The molecule has 2 aliphatic carbocycles. The molecule has 284 valence electrons. The van der Waals surface area contributed by atoms with Crippen molar-refractivity contribution in [3.05, 3.63) is 241 Å². The zero-order chi connectivity index (χ0) is 40.3. The van der Waals surface area contributed by atoms with E-state index in [2.05, 4.69) is 175 Å². The Morgan fingerprint density at radius 3 is 1.26 bits per heavy atom. The molecule has 8 aromatic carbocycles. The van der Waals surface area contributed by atoms with E-state index in [1.54, 1.807) is 6.20 Å². The summed E-state index contributed by atoms with van der Waals surface area (Å²) in [7, 11) is 0. The maximum absolute atomic E-state index is 5.08. The third-order valence-electron chi connectivity index (χ3n) is 12.5. The van der Waals surface area contributed by atoms with Crippen LogP contribution in [0.5, 0.6) is 0 Å². The van der Waals surface area contributed by atoms with Gasteiger partial charge in [-0.3, -0.25) is 4.98 Å². The number of hydrogen-bond acceptors (Lipinski definition) is 4. The first-order chi connectivity index (χ1) is 30.2. The predicted molar refractivity (Wildman–Crippen MR) is 247 cm³/mol. The molecule has 0 radical (unpaired) electrons. The summed E-state index contributed by atoms with van der Waals surface area (Å²) in [4.78, 5) is 19.4. The van der Waals surface area contributed by atoms with Gasteiger partial charge in [0.2, 0.25) is 0 Å². The van der Waals surface area contributed by atoms with Crippen LogP contribution in [0.3, 0.4) is 0 Å². The standard InChI is InChI=1S/C57H36N4/c1-2-13-38(14-3-1)54-59-55(39-28-26-37(27-29-39)45-19-12-32-58-36-45)61-56(60-54)44-18-11-17-42(34-44)40-15-10-16-41(33-40)43-30-31-53-49(35-43)48-22-6-9-25-52(48)57(53)50-23-7-4-20-46(50)47-21-5-8-24-51(47)57/h1-36H. The van der Waals surface area contributed by atoms with E-state index in [1.807, 2.05) is 42.6 Å². The van der Waals surface area contributed by atoms with Gasteiger partial charge in [-0.05, 0) is 102 Å². The Morgan fingerprint density at radius 2 is 0.672 bits per heavy atom. The highest BCUT2D eigenvalue weighted by molar-refractivity contribution is 5.96. The van der Waals surface area contributed by atoms with Gasteiger partial charge in [0.15, 0.2) is 17.5 Å². The molecule has 0 aliphatic heterocycles. The predicted octanol–water partition coefficient (Wildman–Crippen LogP) is 13.6. The zero-order valence-corrected chi connectivity index (χ0v) is 33.1. The number of benzene rings is 8. The second kappa shape index (κ2) is 14.0. The fourth-order valence-corrected chi connectivity index (χ4v) is 9.69. The zero-order valence-electron chi connectivity index (χ0n) is 33.1. The molecule has 0 N–H and O–H groups in total. The molecule has 4 heteroatoms. The summed E-state index contributed by atoms with van der Waals surface area (Å²) in [5.74, 6) is 1.88. The average molecular weight is 777 g/mol. The van der Waals surface area contributed by atoms with Crippen molar-refractivity contribution in [1.82, 2.24) is 19.9 Å². The summed E-state index contributed by atoms with van der Waals surface area (Å²) in [6.07, 6.45) is 3.66. The molecule has 0 unspecified atom stereocenters. The summed E-state index contributed by atoms with van der Waals surface area (Å²) in [6, 6.07) is 73.9. The maximum Gasteiger partial charge on any atom is 0.164 e. The Labute approximate surface area is 354 Å². The number of aromatic nitrogens is 4. The number of hydrogen-bond donors (Lipinski definition) is 0. The van der Waals surface area contributed by atoms with Crippen LogP contribution in [-0.2, 0) is 5.41 Å². The van der Waals surface area contributed by atoms with Gasteiger partial charge in [-0.2, -0.15) is 0 Å². The van der Waals surface area contributed by atoms with E-state index in [-0.39, 0.29) is 5.41 Å². The fraction of sp³-hybridized carbons (Fsp3) is 0.0175. The molecule has 2 aliphatic rings. The van der Waals surface area contributed by atoms with Gasteiger partial charge in [-0.1, -0.05) is 182 Å². The summed E-state index contributed by atoms with van der Waals surface area (Å²) in [6.45, 7) is 0. The van der Waals surface area contributed by atoms with Crippen LogP contribution >= 0.6 is 0 Å². The maximum atomic E-state index is 5.08. The summed E-state index contributed by atoms with van der Waals surface area (Å²) in [5.41, 5.74) is 19.8. The van der Waals surface area contributed by atoms with Gasteiger partial charge in [0, 0.05) is 29.1 Å². The van der Waals surface area contributed by atoms with Gasteiger partial charge < -0.3 is 0 Å². The molecule has 0 saturated heterocycles. The van der Waals surface area contributed by atoms with Crippen molar-refractivity contribution in [3.63, 3.8) is 0 Å². The molecule has 4 nitrogen and oxygen atoms in total.